The van der Waals surface area contributed by atoms with Gasteiger partial charge in [0.25, 0.3) is 0 Å². The molecule has 3 heteroatoms. The van der Waals surface area contributed by atoms with Crippen molar-refractivity contribution >= 4 is 11.3 Å². The van der Waals surface area contributed by atoms with E-state index in [4.69, 9.17) is 0 Å². The number of benzene rings is 1. The summed E-state index contributed by atoms with van der Waals surface area (Å²) in [7, 11) is 1.96. The van der Waals surface area contributed by atoms with Gasteiger partial charge in [-0.1, -0.05) is 38.1 Å². The summed E-state index contributed by atoms with van der Waals surface area (Å²) in [4.78, 5) is 5.53. The van der Waals surface area contributed by atoms with Crippen molar-refractivity contribution in [2.75, 3.05) is 7.05 Å². The molecule has 0 unspecified atom stereocenters. The van der Waals surface area contributed by atoms with E-state index in [1.807, 2.05) is 33.3 Å². The Kier molecular flexibility index (Phi) is 5.87. The Morgan fingerprint density at radius 2 is 1.82 bits per heavy atom. The minimum absolute atomic E-state index is 0.919. The normalized spacial score (nSPS) is 9.65. The van der Waals surface area contributed by atoms with E-state index in [0.717, 1.165) is 12.2 Å². The first-order chi connectivity index (χ1) is 8.31. The van der Waals surface area contributed by atoms with Crippen molar-refractivity contribution in [2.24, 2.45) is 0 Å². The SMILES string of the molecule is CC.CNCc1ccc(-c2scnc2C)cc1. The zero-order valence-corrected chi connectivity index (χ0v) is 11.8. The number of aromatic nitrogens is 1. The van der Waals surface area contributed by atoms with Crippen molar-refractivity contribution in [2.45, 2.75) is 27.3 Å². The Bertz CT molecular complexity index is 432. The van der Waals surface area contributed by atoms with Crippen molar-refractivity contribution in [3.05, 3.63) is 41.0 Å². The highest BCUT2D eigenvalue weighted by Crippen LogP contribution is 2.26. The third-order valence-electron chi connectivity index (χ3n) is 2.34. The lowest BCUT2D eigenvalue weighted by atomic mass is 10.1. The van der Waals surface area contributed by atoms with Gasteiger partial charge in [-0.25, -0.2) is 4.98 Å². The summed E-state index contributed by atoms with van der Waals surface area (Å²) in [5.41, 5.74) is 5.58. The van der Waals surface area contributed by atoms with Crippen LogP contribution >= 0.6 is 11.3 Å². The summed E-state index contributed by atoms with van der Waals surface area (Å²) < 4.78 is 0. The number of thiazole rings is 1. The van der Waals surface area contributed by atoms with E-state index in [0.29, 0.717) is 0 Å². The summed E-state index contributed by atoms with van der Waals surface area (Å²) in [5.74, 6) is 0. The fourth-order valence-electron chi connectivity index (χ4n) is 1.56. The van der Waals surface area contributed by atoms with Gasteiger partial charge in [0.05, 0.1) is 16.1 Å². The Balaban J connectivity index is 0.000000686. The molecule has 0 aliphatic carbocycles. The van der Waals surface area contributed by atoms with Crippen LogP contribution in [0.15, 0.2) is 29.8 Å². The van der Waals surface area contributed by atoms with Crippen LogP contribution in [-0.2, 0) is 6.54 Å². The molecule has 2 aromatic rings. The molecule has 0 radical (unpaired) electrons. The van der Waals surface area contributed by atoms with Crippen molar-refractivity contribution in [3.8, 4) is 10.4 Å². The quantitative estimate of drug-likeness (QED) is 0.892. The number of rotatable bonds is 3. The first-order valence-corrected chi connectivity index (χ1v) is 6.83. The summed E-state index contributed by atoms with van der Waals surface area (Å²) in [6.45, 7) is 6.97. The Hall–Kier alpha value is -1.19. The van der Waals surface area contributed by atoms with Gasteiger partial charge >= 0.3 is 0 Å². The van der Waals surface area contributed by atoms with E-state index in [9.17, 15) is 0 Å². The molecule has 92 valence electrons. The van der Waals surface area contributed by atoms with Gasteiger partial charge in [0.1, 0.15) is 0 Å². The van der Waals surface area contributed by atoms with Crippen molar-refractivity contribution in [3.63, 3.8) is 0 Å². The molecule has 1 heterocycles. The molecule has 1 N–H and O–H groups in total. The van der Waals surface area contributed by atoms with Crippen LogP contribution in [0.3, 0.4) is 0 Å². The molecule has 2 nitrogen and oxygen atoms in total. The first kappa shape index (κ1) is 13.9. The van der Waals surface area contributed by atoms with Gasteiger partial charge in [-0.3, -0.25) is 0 Å². The number of nitrogens with zero attached hydrogens (tertiary/aromatic N) is 1. The second kappa shape index (κ2) is 7.20. The zero-order chi connectivity index (χ0) is 12.7. The van der Waals surface area contributed by atoms with Crippen LogP contribution in [-0.4, -0.2) is 12.0 Å². The number of aryl methyl sites for hydroxylation is 1. The molecule has 17 heavy (non-hydrogen) atoms. The molecule has 0 bridgehead atoms. The van der Waals surface area contributed by atoms with Crippen molar-refractivity contribution < 1.29 is 0 Å². The first-order valence-electron chi connectivity index (χ1n) is 5.95. The average Bonchev–Trinajstić information content (AvgIpc) is 2.80. The minimum Gasteiger partial charge on any atom is -0.316 e. The maximum Gasteiger partial charge on any atom is 0.0801 e. The lowest BCUT2D eigenvalue weighted by molar-refractivity contribution is 0.818. The minimum atomic E-state index is 0.919. The third kappa shape index (κ3) is 3.65. The maximum atomic E-state index is 4.26. The summed E-state index contributed by atoms with van der Waals surface area (Å²) in [6, 6.07) is 8.64. The van der Waals surface area contributed by atoms with Crippen LogP contribution < -0.4 is 5.32 Å². The van der Waals surface area contributed by atoms with Gasteiger partial charge in [0.15, 0.2) is 0 Å². The summed E-state index contributed by atoms with van der Waals surface area (Å²) >= 11 is 1.70. The number of hydrogen-bond donors (Lipinski definition) is 1. The Labute approximate surface area is 108 Å². The fraction of sp³-hybridized carbons (Fsp3) is 0.357. The summed E-state index contributed by atoms with van der Waals surface area (Å²) in [6.07, 6.45) is 0. The topological polar surface area (TPSA) is 24.9 Å². The second-order valence-electron chi connectivity index (χ2n) is 3.49. The number of hydrogen-bond acceptors (Lipinski definition) is 3. The van der Waals surface area contributed by atoms with Crippen LogP contribution in [0.25, 0.3) is 10.4 Å². The maximum absolute atomic E-state index is 4.26. The van der Waals surface area contributed by atoms with Gasteiger partial charge < -0.3 is 5.32 Å². The molecule has 2 rings (SSSR count). The molecular formula is C14H20N2S. The van der Waals surface area contributed by atoms with Crippen molar-refractivity contribution in [1.82, 2.24) is 10.3 Å². The molecule has 0 fully saturated rings. The van der Waals surface area contributed by atoms with E-state index in [1.54, 1.807) is 11.3 Å². The zero-order valence-electron chi connectivity index (χ0n) is 10.9. The molecule has 0 atom stereocenters. The molecule has 0 amide bonds. The van der Waals surface area contributed by atoms with Gasteiger partial charge in [-0.05, 0) is 25.1 Å². The van der Waals surface area contributed by atoms with E-state index in [2.05, 4.69) is 34.6 Å². The molecule has 0 spiro atoms. The van der Waals surface area contributed by atoms with Gasteiger partial charge in [-0.2, -0.15) is 0 Å². The van der Waals surface area contributed by atoms with E-state index in [-0.39, 0.29) is 0 Å². The lowest BCUT2D eigenvalue weighted by Crippen LogP contribution is -2.04. The largest absolute Gasteiger partial charge is 0.316 e. The molecule has 1 aromatic carbocycles. The molecular weight excluding hydrogens is 228 g/mol. The predicted molar refractivity (Wildman–Crippen MR) is 76.4 cm³/mol. The smallest absolute Gasteiger partial charge is 0.0801 e. The van der Waals surface area contributed by atoms with E-state index < -0.39 is 0 Å². The fourth-order valence-corrected chi connectivity index (χ4v) is 2.37. The Morgan fingerprint density at radius 1 is 1.18 bits per heavy atom. The van der Waals surface area contributed by atoms with Crippen LogP contribution in [0.4, 0.5) is 0 Å². The predicted octanol–water partition coefficient (Wildman–Crippen LogP) is 3.86. The van der Waals surface area contributed by atoms with Gasteiger partial charge in [0.2, 0.25) is 0 Å². The standard InChI is InChI=1S/C12H14N2S.C2H6/c1-9-12(15-8-14-9)11-5-3-10(4-6-11)7-13-2;1-2/h3-6,8,13H,7H2,1-2H3;1-2H3. The second-order valence-corrected chi connectivity index (χ2v) is 4.35. The monoisotopic (exact) mass is 248 g/mol. The Morgan fingerprint density at radius 3 is 2.29 bits per heavy atom. The molecule has 1 aromatic heterocycles. The van der Waals surface area contributed by atoms with Crippen molar-refractivity contribution in [1.29, 1.82) is 0 Å². The lowest BCUT2D eigenvalue weighted by Gasteiger charge is -2.02. The van der Waals surface area contributed by atoms with Crippen LogP contribution in [0, 0.1) is 6.92 Å². The highest BCUT2D eigenvalue weighted by atomic mass is 32.1. The van der Waals surface area contributed by atoms with Crippen LogP contribution in [0.2, 0.25) is 0 Å². The van der Waals surface area contributed by atoms with Crippen LogP contribution in [0.1, 0.15) is 25.1 Å². The number of nitrogens with one attached hydrogen (secondary N) is 1. The van der Waals surface area contributed by atoms with Gasteiger partial charge in [0, 0.05) is 6.54 Å². The molecule has 0 aliphatic rings. The molecule has 0 saturated carbocycles. The van der Waals surface area contributed by atoms with Gasteiger partial charge in [-0.15, -0.1) is 11.3 Å². The van der Waals surface area contributed by atoms with Crippen LogP contribution in [0.5, 0.6) is 0 Å². The molecule has 0 saturated heterocycles. The molecule has 0 aliphatic heterocycles. The van der Waals surface area contributed by atoms with E-state index in [1.165, 1.54) is 16.0 Å². The highest BCUT2D eigenvalue weighted by molar-refractivity contribution is 7.13. The highest BCUT2D eigenvalue weighted by Gasteiger charge is 2.03. The third-order valence-corrected chi connectivity index (χ3v) is 3.32. The van der Waals surface area contributed by atoms with E-state index >= 15 is 0 Å². The average molecular weight is 248 g/mol. The summed E-state index contributed by atoms with van der Waals surface area (Å²) in [5, 5.41) is 3.14.